The molecule has 0 aliphatic carbocycles. The number of carbonyl (C=O) groups is 1. The number of hydrogen-bond donors (Lipinski definition) is 0. The van der Waals surface area contributed by atoms with Crippen molar-refractivity contribution in [3.63, 3.8) is 0 Å². The third-order valence-corrected chi connectivity index (χ3v) is 3.30. The average Bonchev–Trinajstić information content (AvgIpc) is 2.53. The lowest BCUT2D eigenvalue weighted by Gasteiger charge is -2.07. The molecule has 2 aromatic carbocycles. The highest BCUT2D eigenvalue weighted by Gasteiger charge is 2.06. The van der Waals surface area contributed by atoms with Crippen molar-refractivity contribution in [2.75, 3.05) is 7.11 Å². The van der Waals surface area contributed by atoms with E-state index in [4.69, 9.17) is 4.74 Å². The minimum Gasteiger partial charge on any atom is -0.496 e. The van der Waals surface area contributed by atoms with Gasteiger partial charge in [-0.05, 0) is 35.4 Å². The predicted octanol–water partition coefficient (Wildman–Crippen LogP) is 3.72. The molecule has 3 heteroatoms. The molecular weight excluding hydrogens is 250 g/mol. The molecule has 20 heavy (non-hydrogen) atoms. The highest BCUT2D eigenvalue weighted by atomic mass is 16.5. The molecule has 0 unspecified atom stereocenters. The van der Waals surface area contributed by atoms with Crippen LogP contribution in [0.15, 0.2) is 54.7 Å². The number of benzene rings is 2. The Kier molecular flexibility index (Phi) is 3.17. The average molecular weight is 263 g/mol. The summed E-state index contributed by atoms with van der Waals surface area (Å²) in [5.74, 6) is 0.586. The Hall–Kier alpha value is -2.68. The molecule has 98 valence electrons. The molecule has 0 bridgehead atoms. The lowest BCUT2D eigenvalue weighted by molar-refractivity contribution is 0.112. The summed E-state index contributed by atoms with van der Waals surface area (Å²) in [6.07, 6.45) is 2.58. The van der Waals surface area contributed by atoms with Crippen LogP contribution in [-0.4, -0.2) is 18.4 Å². The second-order valence-electron chi connectivity index (χ2n) is 4.49. The summed E-state index contributed by atoms with van der Waals surface area (Å²) in [6, 6.07) is 15.6. The normalized spacial score (nSPS) is 10.4. The van der Waals surface area contributed by atoms with Gasteiger partial charge in [-0.3, -0.25) is 9.78 Å². The van der Waals surface area contributed by atoms with E-state index in [9.17, 15) is 4.79 Å². The lowest BCUT2D eigenvalue weighted by Crippen LogP contribution is -1.91. The first-order chi connectivity index (χ1) is 9.81. The van der Waals surface area contributed by atoms with Crippen molar-refractivity contribution in [3.05, 3.63) is 60.3 Å². The molecule has 3 nitrogen and oxygen atoms in total. The maximum Gasteiger partial charge on any atom is 0.153 e. The van der Waals surface area contributed by atoms with Gasteiger partial charge in [0.2, 0.25) is 0 Å². The fraction of sp³-hybridized carbons (Fsp3) is 0.0588. The van der Waals surface area contributed by atoms with Gasteiger partial charge in [-0.25, -0.2) is 0 Å². The van der Waals surface area contributed by atoms with Crippen LogP contribution in [0, 0.1) is 0 Å². The van der Waals surface area contributed by atoms with Crippen molar-refractivity contribution in [2.24, 2.45) is 0 Å². The summed E-state index contributed by atoms with van der Waals surface area (Å²) in [4.78, 5) is 15.4. The van der Waals surface area contributed by atoms with E-state index in [0.29, 0.717) is 11.3 Å². The molecule has 1 heterocycles. The number of ether oxygens (including phenoxy) is 1. The van der Waals surface area contributed by atoms with Gasteiger partial charge in [0.25, 0.3) is 0 Å². The number of aldehydes is 1. The van der Waals surface area contributed by atoms with Crippen molar-refractivity contribution in [1.29, 1.82) is 0 Å². The molecule has 0 aliphatic heterocycles. The summed E-state index contributed by atoms with van der Waals surface area (Å²) in [6.45, 7) is 0. The highest BCUT2D eigenvalue weighted by Crippen LogP contribution is 2.27. The second-order valence-corrected chi connectivity index (χ2v) is 4.49. The minimum atomic E-state index is 0.547. The zero-order valence-electron chi connectivity index (χ0n) is 11.0. The smallest absolute Gasteiger partial charge is 0.153 e. The van der Waals surface area contributed by atoms with Crippen LogP contribution in [-0.2, 0) is 0 Å². The summed E-state index contributed by atoms with van der Waals surface area (Å²) < 4.78 is 5.15. The van der Waals surface area contributed by atoms with Gasteiger partial charge in [-0.15, -0.1) is 0 Å². The molecule has 0 atom stereocenters. The number of fused-ring (bicyclic) bond motifs is 1. The summed E-state index contributed by atoms with van der Waals surface area (Å²) in [5.41, 5.74) is 3.49. The van der Waals surface area contributed by atoms with Gasteiger partial charge in [0.05, 0.1) is 18.2 Å². The first kappa shape index (κ1) is 12.4. The van der Waals surface area contributed by atoms with E-state index in [-0.39, 0.29) is 0 Å². The number of rotatable bonds is 3. The van der Waals surface area contributed by atoms with Gasteiger partial charge in [0.1, 0.15) is 5.75 Å². The number of nitrogens with zero attached hydrogens (tertiary/aromatic N) is 1. The topological polar surface area (TPSA) is 39.2 Å². The Labute approximate surface area is 116 Å². The van der Waals surface area contributed by atoms with Crippen LogP contribution in [0.1, 0.15) is 10.4 Å². The number of carbonyl (C=O) groups excluding carboxylic acids is 1. The molecule has 0 amide bonds. The Morgan fingerprint density at radius 2 is 1.85 bits per heavy atom. The quantitative estimate of drug-likeness (QED) is 0.676. The van der Waals surface area contributed by atoms with Gasteiger partial charge in [-0.2, -0.15) is 0 Å². The van der Waals surface area contributed by atoms with E-state index >= 15 is 0 Å². The van der Waals surface area contributed by atoms with E-state index < -0.39 is 0 Å². The van der Waals surface area contributed by atoms with E-state index in [2.05, 4.69) is 4.98 Å². The molecule has 1 aromatic heterocycles. The minimum absolute atomic E-state index is 0.547. The van der Waals surface area contributed by atoms with E-state index in [1.165, 1.54) is 0 Å². The van der Waals surface area contributed by atoms with Gasteiger partial charge >= 0.3 is 0 Å². The predicted molar refractivity (Wildman–Crippen MR) is 79.1 cm³/mol. The molecule has 0 saturated carbocycles. The van der Waals surface area contributed by atoms with E-state index in [1.54, 1.807) is 13.3 Å². The highest BCUT2D eigenvalue weighted by molar-refractivity contribution is 5.87. The fourth-order valence-corrected chi connectivity index (χ4v) is 2.25. The van der Waals surface area contributed by atoms with Crippen LogP contribution in [0.5, 0.6) is 5.75 Å². The number of aromatic nitrogens is 1. The standard InChI is InChI=1S/C17H13NO2/c1-20-17-7-6-13(9-15(17)11-19)14-5-4-12-3-2-8-18-16(12)10-14/h2-11H,1H3. The molecule has 0 aliphatic rings. The van der Waals surface area contributed by atoms with Crippen LogP contribution in [0.3, 0.4) is 0 Å². The second kappa shape index (κ2) is 5.13. The van der Waals surface area contributed by atoms with Crippen LogP contribution in [0.2, 0.25) is 0 Å². The maximum absolute atomic E-state index is 11.1. The summed E-state index contributed by atoms with van der Waals surface area (Å²) in [7, 11) is 1.56. The van der Waals surface area contributed by atoms with E-state index in [0.717, 1.165) is 28.3 Å². The fourth-order valence-electron chi connectivity index (χ4n) is 2.25. The largest absolute Gasteiger partial charge is 0.496 e. The molecule has 3 aromatic rings. The molecule has 3 rings (SSSR count). The van der Waals surface area contributed by atoms with Crippen molar-refractivity contribution in [1.82, 2.24) is 4.98 Å². The number of methoxy groups -OCH3 is 1. The number of hydrogen-bond acceptors (Lipinski definition) is 3. The lowest BCUT2D eigenvalue weighted by atomic mass is 10.0. The van der Waals surface area contributed by atoms with Crippen molar-refractivity contribution in [3.8, 4) is 16.9 Å². The Morgan fingerprint density at radius 1 is 1.05 bits per heavy atom. The molecule has 0 saturated heterocycles. The van der Waals surface area contributed by atoms with Gasteiger partial charge in [-0.1, -0.05) is 24.3 Å². The number of pyridine rings is 1. The van der Waals surface area contributed by atoms with Gasteiger partial charge in [0, 0.05) is 11.6 Å². The first-order valence-corrected chi connectivity index (χ1v) is 6.30. The molecular formula is C17H13NO2. The molecule has 0 radical (unpaired) electrons. The van der Waals surface area contributed by atoms with Crippen molar-refractivity contribution >= 4 is 17.2 Å². The SMILES string of the molecule is COc1ccc(-c2ccc3cccnc3c2)cc1C=O. The monoisotopic (exact) mass is 263 g/mol. The molecule has 0 N–H and O–H groups in total. The van der Waals surface area contributed by atoms with Crippen molar-refractivity contribution in [2.45, 2.75) is 0 Å². The maximum atomic E-state index is 11.1. The zero-order valence-corrected chi connectivity index (χ0v) is 11.0. The third-order valence-electron chi connectivity index (χ3n) is 3.30. The Bertz CT molecular complexity index is 781. The van der Waals surface area contributed by atoms with Crippen molar-refractivity contribution < 1.29 is 9.53 Å². The third kappa shape index (κ3) is 2.14. The Balaban J connectivity index is 2.12. The van der Waals surface area contributed by atoms with Crippen LogP contribution in [0.4, 0.5) is 0 Å². The molecule has 0 spiro atoms. The van der Waals surface area contributed by atoms with Gasteiger partial charge < -0.3 is 4.74 Å². The van der Waals surface area contributed by atoms with Crippen LogP contribution < -0.4 is 4.74 Å². The summed E-state index contributed by atoms with van der Waals surface area (Å²) >= 11 is 0. The Morgan fingerprint density at radius 3 is 2.65 bits per heavy atom. The van der Waals surface area contributed by atoms with Crippen LogP contribution >= 0.6 is 0 Å². The first-order valence-electron chi connectivity index (χ1n) is 6.30. The van der Waals surface area contributed by atoms with Gasteiger partial charge in [0.15, 0.2) is 6.29 Å². The molecule has 0 fully saturated rings. The van der Waals surface area contributed by atoms with E-state index in [1.807, 2.05) is 48.5 Å². The summed E-state index contributed by atoms with van der Waals surface area (Å²) in [5, 5.41) is 1.10. The zero-order chi connectivity index (χ0) is 13.9. The van der Waals surface area contributed by atoms with Crippen LogP contribution in [0.25, 0.3) is 22.0 Å².